The predicted octanol–water partition coefficient (Wildman–Crippen LogP) is 2.20. The highest BCUT2D eigenvalue weighted by molar-refractivity contribution is 5.34. The van der Waals surface area contributed by atoms with Crippen molar-refractivity contribution in [1.82, 2.24) is 9.47 Å². The van der Waals surface area contributed by atoms with Crippen LogP contribution in [0.15, 0.2) is 6.07 Å². The molecule has 2 heterocycles. The highest BCUT2D eigenvalue weighted by atomic mass is 16.5. The molecule has 1 atom stereocenters. The van der Waals surface area contributed by atoms with E-state index in [1.165, 1.54) is 11.3 Å². The van der Waals surface area contributed by atoms with E-state index in [1.54, 1.807) is 0 Å². The van der Waals surface area contributed by atoms with Crippen molar-refractivity contribution in [2.75, 3.05) is 13.2 Å². The Kier molecular flexibility index (Phi) is 3.71. The van der Waals surface area contributed by atoms with E-state index in [4.69, 9.17) is 10.00 Å². The zero-order chi connectivity index (χ0) is 14.2. The lowest BCUT2D eigenvalue weighted by molar-refractivity contribution is -0.0950. The van der Waals surface area contributed by atoms with E-state index in [1.807, 2.05) is 17.7 Å². The number of hydrogen-bond acceptors (Lipinski definition) is 3. The van der Waals surface area contributed by atoms with Gasteiger partial charge in [0.2, 0.25) is 0 Å². The van der Waals surface area contributed by atoms with Gasteiger partial charge in [-0.15, -0.1) is 0 Å². The molecule has 1 aromatic heterocycles. The van der Waals surface area contributed by atoms with Gasteiger partial charge >= 0.3 is 0 Å². The number of ether oxygens (including phenoxy) is 1. The van der Waals surface area contributed by atoms with Gasteiger partial charge < -0.3 is 9.30 Å². The fourth-order valence-electron chi connectivity index (χ4n) is 2.56. The minimum Gasteiger partial charge on any atom is -0.375 e. The molecular weight excluding hydrogens is 238 g/mol. The van der Waals surface area contributed by atoms with E-state index in [2.05, 4.69) is 38.7 Å². The summed E-state index contributed by atoms with van der Waals surface area (Å²) in [4.78, 5) is 2.45. The lowest BCUT2D eigenvalue weighted by Gasteiger charge is -2.44. The molecule has 4 heteroatoms. The maximum absolute atomic E-state index is 9.10. The van der Waals surface area contributed by atoms with Crippen LogP contribution in [0.4, 0.5) is 0 Å². The van der Waals surface area contributed by atoms with Gasteiger partial charge in [-0.1, -0.05) is 0 Å². The van der Waals surface area contributed by atoms with Gasteiger partial charge in [-0.25, -0.2) is 0 Å². The largest absolute Gasteiger partial charge is 0.375 e. The first-order valence-corrected chi connectivity index (χ1v) is 6.77. The third-order valence-corrected chi connectivity index (χ3v) is 4.17. The molecule has 1 aliphatic heterocycles. The average molecular weight is 261 g/mol. The van der Waals surface area contributed by atoms with Crippen molar-refractivity contribution in [3.05, 3.63) is 23.0 Å². The first-order chi connectivity index (χ1) is 8.85. The Bertz CT molecular complexity index is 510. The summed E-state index contributed by atoms with van der Waals surface area (Å²) < 4.78 is 7.71. The molecule has 0 bridgehead atoms. The Labute approximate surface area is 115 Å². The van der Waals surface area contributed by atoms with Gasteiger partial charge in [-0.2, -0.15) is 5.26 Å². The van der Waals surface area contributed by atoms with Crippen molar-refractivity contribution in [3.8, 4) is 6.07 Å². The van der Waals surface area contributed by atoms with Crippen molar-refractivity contribution in [2.45, 2.75) is 45.9 Å². The second-order valence-electron chi connectivity index (χ2n) is 6.13. The average Bonchev–Trinajstić information content (AvgIpc) is 2.62. The van der Waals surface area contributed by atoms with Crippen molar-refractivity contribution in [3.63, 3.8) is 0 Å². The highest BCUT2D eigenvalue weighted by Crippen LogP contribution is 2.26. The molecule has 0 aliphatic carbocycles. The summed E-state index contributed by atoms with van der Waals surface area (Å²) in [6.07, 6.45) is 0.271. The van der Waals surface area contributed by atoms with Crippen LogP contribution >= 0.6 is 0 Å². The molecule has 0 spiro atoms. The lowest BCUT2D eigenvalue weighted by atomic mass is 10.00. The van der Waals surface area contributed by atoms with E-state index >= 15 is 0 Å². The third-order valence-electron chi connectivity index (χ3n) is 4.17. The van der Waals surface area contributed by atoms with E-state index in [-0.39, 0.29) is 11.6 Å². The number of rotatable bonds is 2. The van der Waals surface area contributed by atoms with Crippen LogP contribution in [0.5, 0.6) is 0 Å². The van der Waals surface area contributed by atoms with Gasteiger partial charge in [-0.05, 0) is 39.3 Å². The molecule has 0 N–H and O–H groups in total. The predicted molar refractivity (Wildman–Crippen MR) is 74.8 cm³/mol. The van der Waals surface area contributed by atoms with Crippen molar-refractivity contribution in [1.29, 1.82) is 5.26 Å². The fourth-order valence-corrected chi connectivity index (χ4v) is 2.56. The second kappa shape index (κ2) is 4.99. The van der Waals surface area contributed by atoms with Gasteiger partial charge in [0, 0.05) is 31.4 Å². The summed E-state index contributed by atoms with van der Waals surface area (Å²) in [5.41, 5.74) is 3.18. The van der Waals surface area contributed by atoms with Crippen molar-refractivity contribution < 1.29 is 4.74 Å². The van der Waals surface area contributed by atoms with Crippen LogP contribution in [0.3, 0.4) is 0 Å². The normalized spacial score (nSPS) is 23.3. The summed E-state index contributed by atoms with van der Waals surface area (Å²) in [7, 11) is 1.95. The van der Waals surface area contributed by atoms with E-state index in [0.717, 1.165) is 25.4 Å². The summed E-state index contributed by atoms with van der Waals surface area (Å²) >= 11 is 0. The Morgan fingerprint density at radius 2 is 2.21 bits per heavy atom. The maximum Gasteiger partial charge on any atom is 0.120 e. The van der Waals surface area contributed by atoms with Gasteiger partial charge in [0.15, 0.2) is 0 Å². The molecule has 1 fully saturated rings. The Morgan fingerprint density at radius 1 is 1.53 bits per heavy atom. The highest BCUT2D eigenvalue weighted by Gasteiger charge is 2.33. The van der Waals surface area contributed by atoms with Gasteiger partial charge in [0.25, 0.3) is 0 Å². The number of nitrogens with zero attached hydrogens (tertiary/aromatic N) is 3. The molecule has 0 amide bonds. The molecule has 0 aromatic carbocycles. The van der Waals surface area contributed by atoms with Crippen molar-refractivity contribution >= 4 is 0 Å². The summed E-state index contributed by atoms with van der Waals surface area (Å²) in [5.74, 6) is 0. The zero-order valence-electron chi connectivity index (χ0n) is 12.5. The molecule has 1 saturated heterocycles. The Morgan fingerprint density at radius 3 is 2.79 bits per heavy atom. The molecular formula is C15H23N3O. The summed E-state index contributed by atoms with van der Waals surface area (Å²) in [5, 5.41) is 9.10. The van der Waals surface area contributed by atoms with Gasteiger partial charge in [-0.3, -0.25) is 4.90 Å². The van der Waals surface area contributed by atoms with Crippen LogP contribution in [-0.4, -0.2) is 34.3 Å². The van der Waals surface area contributed by atoms with Crippen LogP contribution in [0.25, 0.3) is 0 Å². The summed E-state index contributed by atoms with van der Waals surface area (Å²) in [6.45, 7) is 11.2. The number of nitriles is 1. The zero-order valence-corrected chi connectivity index (χ0v) is 12.5. The second-order valence-corrected chi connectivity index (χ2v) is 6.13. The van der Waals surface area contributed by atoms with E-state index in [0.29, 0.717) is 0 Å². The Hall–Kier alpha value is -1.31. The lowest BCUT2D eigenvalue weighted by Crippen LogP contribution is -2.54. The molecule has 19 heavy (non-hydrogen) atoms. The molecule has 2 rings (SSSR count). The smallest absolute Gasteiger partial charge is 0.120 e. The molecule has 104 valence electrons. The molecule has 1 aromatic rings. The van der Waals surface area contributed by atoms with Crippen LogP contribution < -0.4 is 0 Å². The van der Waals surface area contributed by atoms with Crippen LogP contribution in [-0.2, 0) is 18.3 Å². The minimum absolute atomic E-state index is 0.0433. The van der Waals surface area contributed by atoms with Crippen LogP contribution in [0.1, 0.15) is 37.7 Å². The van der Waals surface area contributed by atoms with E-state index < -0.39 is 0 Å². The Balaban J connectivity index is 2.23. The summed E-state index contributed by atoms with van der Waals surface area (Å²) in [6, 6.07) is 4.25. The number of morpholine rings is 1. The van der Waals surface area contributed by atoms with Crippen LogP contribution in [0, 0.1) is 18.3 Å². The fraction of sp³-hybridized carbons (Fsp3) is 0.667. The molecule has 0 unspecified atom stereocenters. The first-order valence-electron chi connectivity index (χ1n) is 6.77. The standard InChI is InChI=1S/C15H23N3O/c1-11-8-18(15(3,4)10-19-11)9-13-6-14(7-16)17(5)12(13)2/h6,11H,8-10H2,1-5H3/t11-/m0/s1. The minimum atomic E-state index is 0.0433. The van der Waals surface area contributed by atoms with E-state index in [9.17, 15) is 0 Å². The van der Waals surface area contributed by atoms with Gasteiger partial charge in [0.05, 0.1) is 12.7 Å². The van der Waals surface area contributed by atoms with Gasteiger partial charge in [0.1, 0.15) is 11.8 Å². The molecule has 0 radical (unpaired) electrons. The molecule has 4 nitrogen and oxygen atoms in total. The maximum atomic E-state index is 9.10. The third kappa shape index (κ3) is 2.68. The first kappa shape index (κ1) is 14.1. The monoisotopic (exact) mass is 261 g/mol. The number of hydrogen-bond donors (Lipinski definition) is 0. The molecule has 0 saturated carbocycles. The topological polar surface area (TPSA) is 41.2 Å². The molecule has 1 aliphatic rings. The van der Waals surface area contributed by atoms with Crippen molar-refractivity contribution in [2.24, 2.45) is 7.05 Å². The number of aromatic nitrogens is 1. The quantitative estimate of drug-likeness (QED) is 0.819. The van der Waals surface area contributed by atoms with Crippen LogP contribution in [0.2, 0.25) is 0 Å². The SMILES string of the molecule is Cc1c(CN2C[C@H](C)OCC2(C)C)cc(C#N)n1C.